The number of halogens is 1. The van der Waals surface area contributed by atoms with Gasteiger partial charge in [-0.25, -0.2) is 0 Å². The van der Waals surface area contributed by atoms with Crippen molar-refractivity contribution in [3.63, 3.8) is 0 Å². The van der Waals surface area contributed by atoms with E-state index in [2.05, 4.69) is 21.2 Å². The van der Waals surface area contributed by atoms with Gasteiger partial charge in [-0.15, -0.1) is 0 Å². The summed E-state index contributed by atoms with van der Waals surface area (Å²) in [6.45, 7) is 2.30. The molecule has 0 saturated carbocycles. The monoisotopic (exact) mass is 388 g/mol. The summed E-state index contributed by atoms with van der Waals surface area (Å²) >= 11 is 3.35. The van der Waals surface area contributed by atoms with Gasteiger partial charge >= 0.3 is 0 Å². The van der Waals surface area contributed by atoms with E-state index in [0.717, 1.165) is 4.47 Å². The first-order valence-electron chi connectivity index (χ1n) is 7.67. The van der Waals surface area contributed by atoms with E-state index in [1.54, 1.807) is 47.4 Å². The van der Waals surface area contributed by atoms with Crippen molar-refractivity contribution in [1.29, 1.82) is 0 Å². The van der Waals surface area contributed by atoms with Gasteiger partial charge in [0.25, 0.3) is 11.8 Å². The van der Waals surface area contributed by atoms with Crippen molar-refractivity contribution in [3.8, 4) is 0 Å². The van der Waals surface area contributed by atoms with Gasteiger partial charge in [0.2, 0.25) is 0 Å². The molecule has 0 aliphatic carbocycles. The maximum Gasteiger partial charge on any atom is 0.255 e. The molecule has 3 rings (SSSR count). The molecule has 1 fully saturated rings. The fourth-order valence-corrected chi connectivity index (χ4v) is 2.91. The number of anilines is 1. The van der Waals surface area contributed by atoms with Gasteiger partial charge in [-0.3, -0.25) is 9.59 Å². The topological polar surface area (TPSA) is 58.6 Å². The second-order valence-corrected chi connectivity index (χ2v) is 6.37. The molecule has 2 aromatic carbocycles. The minimum atomic E-state index is -0.215. The summed E-state index contributed by atoms with van der Waals surface area (Å²) in [6, 6.07) is 14.1. The first-order valence-corrected chi connectivity index (χ1v) is 8.47. The van der Waals surface area contributed by atoms with E-state index in [0.29, 0.717) is 43.1 Å². The van der Waals surface area contributed by atoms with Crippen molar-refractivity contribution in [2.24, 2.45) is 0 Å². The van der Waals surface area contributed by atoms with Gasteiger partial charge in [0.15, 0.2) is 0 Å². The summed E-state index contributed by atoms with van der Waals surface area (Å²) < 4.78 is 6.11. The van der Waals surface area contributed by atoms with Gasteiger partial charge in [0.1, 0.15) is 0 Å². The molecule has 0 unspecified atom stereocenters. The maximum atomic E-state index is 12.5. The molecule has 0 spiro atoms. The first-order chi connectivity index (χ1) is 11.6. The van der Waals surface area contributed by atoms with E-state index >= 15 is 0 Å². The van der Waals surface area contributed by atoms with E-state index in [9.17, 15) is 9.59 Å². The molecule has 0 atom stereocenters. The Kier molecular flexibility index (Phi) is 5.27. The van der Waals surface area contributed by atoms with E-state index in [-0.39, 0.29) is 11.8 Å². The van der Waals surface area contributed by atoms with Gasteiger partial charge in [-0.05, 0) is 36.4 Å². The molecule has 0 aromatic heterocycles. The number of amides is 2. The van der Waals surface area contributed by atoms with Crippen LogP contribution in [0.1, 0.15) is 20.7 Å². The van der Waals surface area contributed by atoms with Crippen molar-refractivity contribution >= 4 is 33.4 Å². The SMILES string of the molecule is O=C(Nc1cccc(C(=O)N2CCOCC2)c1)c1cccc(Br)c1. The number of ether oxygens (including phenoxy) is 1. The molecule has 124 valence electrons. The predicted octanol–water partition coefficient (Wildman–Crippen LogP) is 3.17. The maximum absolute atomic E-state index is 12.5. The highest BCUT2D eigenvalue weighted by molar-refractivity contribution is 9.10. The third-order valence-corrected chi connectivity index (χ3v) is 4.25. The fourth-order valence-electron chi connectivity index (χ4n) is 2.51. The van der Waals surface area contributed by atoms with Gasteiger partial charge < -0.3 is 15.0 Å². The molecule has 5 nitrogen and oxygen atoms in total. The molecule has 1 N–H and O–H groups in total. The number of hydrogen-bond acceptors (Lipinski definition) is 3. The van der Waals surface area contributed by atoms with E-state index < -0.39 is 0 Å². The Morgan fingerprint density at radius 2 is 1.71 bits per heavy atom. The van der Waals surface area contributed by atoms with Crippen LogP contribution in [0.5, 0.6) is 0 Å². The van der Waals surface area contributed by atoms with Crippen LogP contribution in [-0.2, 0) is 4.74 Å². The van der Waals surface area contributed by atoms with Crippen LogP contribution in [0.2, 0.25) is 0 Å². The van der Waals surface area contributed by atoms with Crippen LogP contribution in [0.25, 0.3) is 0 Å². The molecule has 0 bridgehead atoms. The standard InChI is InChI=1S/C18H17BrN2O3/c19-15-5-1-3-13(11-15)17(22)20-16-6-2-4-14(12-16)18(23)21-7-9-24-10-8-21/h1-6,11-12H,7-10H2,(H,20,22). The molecule has 2 aromatic rings. The van der Waals surface area contributed by atoms with Crippen molar-refractivity contribution < 1.29 is 14.3 Å². The van der Waals surface area contributed by atoms with Gasteiger partial charge in [0.05, 0.1) is 13.2 Å². The number of benzene rings is 2. The number of rotatable bonds is 3. The number of hydrogen-bond donors (Lipinski definition) is 1. The minimum Gasteiger partial charge on any atom is -0.378 e. The average molecular weight is 389 g/mol. The van der Waals surface area contributed by atoms with Gasteiger partial charge in [-0.2, -0.15) is 0 Å². The van der Waals surface area contributed by atoms with Crippen LogP contribution in [0.15, 0.2) is 53.0 Å². The van der Waals surface area contributed by atoms with Crippen molar-refractivity contribution in [2.45, 2.75) is 0 Å². The highest BCUT2D eigenvalue weighted by Crippen LogP contribution is 2.16. The lowest BCUT2D eigenvalue weighted by atomic mass is 10.1. The van der Waals surface area contributed by atoms with E-state index in [4.69, 9.17) is 4.74 Å². The lowest BCUT2D eigenvalue weighted by molar-refractivity contribution is 0.0303. The van der Waals surface area contributed by atoms with Crippen LogP contribution in [0.4, 0.5) is 5.69 Å². The Bertz CT molecular complexity index is 757. The number of nitrogens with one attached hydrogen (secondary N) is 1. The normalized spacial score (nSPS) is 14.3. The molecule has 1 heterocycles. The van der Waals surface area contributed by atoms with Crippen LogP contribution in [0, 0.1) is 0 Å². The summed E-state index contributed by atoms with van der Waals surface area (Å²) in [5, 5.41) is 2.83. The largest absolute Gasteiger partial charge is 0.378 e. The second-order valence-electron chi connectivity index (χ2n) is 5.45. The van der Waals surface area contributed by atoms with Crippen LogP contribution >= 0.6 is 15.9 Å². The molecule has 1 aliphatic heterocycles. The highest BCUT2D eigenvalue weighted by Gasteiger charge is 2.18. The Hall–Kier alpha value is -2.18. The van der Waals surface area contributed by atoms with Gasteiger partial charge in [-0.1, -0.05) is 28.1 Å². The summed E-state index contributed by atoms with van der Waals surface area (Å²) in [7, 11) is 0. The predicted molar refractivity (Wildman–Crippen MR) is 95.3 cm³/mol. The zero-order valence-corrected chi connectivity index (χ0v) is 14.6. The molecular weight excluding hydrogens is 372 g/mol. The summed E-state index contributed by atoms with van der Waals surface area (Å²) in [4.78, 5) is 26.6. The van der Waals surface area contributed by atoms with E-state index in [1.807, 2.05) is 6.07 Å². The number of morpholine rings is 1. The van der Waals surface area contributed by atoms with Crippen LogP contribution < -0.4 is 5.32 Å². The molecule has 24 heavy (non-hydrogen) atoms. The summed E-state index contributed by atoms with van der Waals surface area (Å²) in [6.07, 6.45) is 0. The summed E-state index contributed by atoms with van der Waals surface area (Å²) in [5.74, 6) is -0.260. The third-order valence-electron chi connectivity index (χ3n) is 3.75. The number of carbonyl (C=O) groups is 2. The van der Waals surface area contributed by atoms with Crippen LogP contribution in [0.3, 0.4) is 0 Å². The average Bonchev–Trinajstić information content (AvgIpc) is 2.62. The Labute approximate surface area is 148 Å². The Morgan fingerprint density at radius 1 is 1.00 bits per heavy atom. The Balaban J connectivity index is 1.73. The zero-order valence-electron chi connectivity index (χ0n) is 13.0. The lowest BCUT2D eigenvalue weighted by Crippen LogP contribution is -2.40. The molecule has 6 heteroatoms. The molecular formula is C18H17BrN2O3. The molecule has 0 radical (unpaired) electrons. The molecule has 1 aliphatic rings. The summed E-state index contributed by atoms with van der Waals surface area (Å²) in [5.41, 5.74) is 1.71. The Morgan fingerprint density at radius 3 is 2.46 bits per heavy atom. The fraction of sp³-hybridized carbons (Fsp3) is 0.222. The number of nitrogens with zero attached hydrogens (tertiary/aromatic N) is 1. The smallest absolute Gasteiger partial charge is 0.255 e. The third kappa shape index (κ3) is 4.01. The molecule has 1 saturated heterocycles. The molecule has 2 amide bonds. The first kappa shape index (κ1) is 16.7. The van der Waals surface area contributed by atoms with Crippen molar-refractivity contribution in [3.05, 3.63) is 64.1 Å². The van der Waals surface area contributed by atoms with Crippen molar-refractivity contribution in [1.82, 2.24) is 4.90 Å². The zero-order chi connectivity index (χ0) is 16.9. The van der Waals surface area contributed by atoms with Crippen LogP contribution in [-0.4, -0.2) is 43.0 Å². The van der Waals surface area contributed by atoms with Gasteiger partial charge in [0, 0.05) is 34.4 Å². The van der Waals surface area contributed by atoms with Crippen molar-refractivity contribution in [2.75, 3.05) is 31.6 Å². The quantitative estimate of drug-likeness (QED) is 0.878. The lowest BCUT2D eigenvalue weighted by Gasteiger charge is -2.27. The highest BCUT2D eigenvalue weighted by atomic mass is 79.9. The second kappa shape index (κ2) is 7.59. The minimum absolute atomic E-state index is 0.0446. The number of carbonyl (C=O) groups excluding carboxylic acids is 2. The van der Waals surface area contributed by atoms with E-state index in [1.165, 1.54) is 0 Å².